The zero-order valence-electron chi connectivity index (χ0n) is 10.3. The fourth-order valence-electron chi connectivity index (χ4n) is 2.63. The molecule has 0 spiro atoms. The Bertz CT molecular complexity index is 319. The Morgan fingerprint density at radius 2 is 2.19 bits per heavy atom. The zero-order chi connectivity index (χ0) is 12.3. The third kappa shape index (κ3) is 2.52. The monoisotopic (exact) mass is 224 g/mol. The summed E-state index contributed by atoms with van der Waals surface area (Å²) < 4.78 is 4.97. The lowest BCUT2D eigenvalue weighted by molar-refractivity contribution is -0.141. The van der Waals surface area contributed by atoms with E-state index in [0.717, 1.165) is 5.57 Å². The van der Waals surface area contributed by atoms with Crippen molar-refractivity contribution < 1.29 is 14.3 Å². The first-order valence-electron chi connectivity index (χ1n) is 5.69. The molecule has 1 saturated carbocycles. The summed E-state index contributed by atoms with van der Waals surface area (Å²) in [5.74, 6) is 0.320. The molecule has 0 aromatic heterocycles. The molecule has 0 aromatic rings. The summed E-state index contributed by atoms with van der Waals surface area (Å²) in [5, 5.41) is 0. The van der Waals surface area contributed by atoms with E-state index in [1.807, 2.05) is 6.92 Å². The van der Waals surface area contributed by atoms with E-state index < -0.39 is 0 Å². The molecular weight excluding hydrogens is 204 g/mol. The molecule has 0 aromatic carbocycles. The van der Waals surface area contributed by atoms with Crippen LogP contribution in [0.3, 0.4) is 0 Å². The molecule has 3 heteroatoms. The summed E-state index contributed by atoms with van der Waals surface area (Å²) in [6.45, 7) is 9.81. The summed E-state index contributed by atoms with van der Waals surface area (Å²) in [5.41, 5.74) is 0.866. The highest BCUT2D eigenvalue weighted by molar-refractivity contribution is 5.82. The van der Waals surface area contributed by atoms with Crippen LogP contribution in [-0.2, 0) is 14.3 Å². The molecule has 3 nitrogen and oxygen atoms in total. The molecule has 0 heterocycles. The summed E-state index contributed by atoms with van der Waals surface area (Å²) in [6, 6.07) is 0. The topological polar surface area (TPSA) is 43.4 Å². The van der Waals surface area contributed by atoms with E-state index in [1.54, 1.807) is 0 Å². The minimum atomic E-state index is -0.270. The Morgan fingerprint density at radius 3 is 2.56 bits per heavy atom. The van der Waals surface area contributed by atoms with Crippen LogP contribution in [0.2, 0.25) is 0 Å². The van der Waals surface area contributed by atoms with Crippen molar-refractivity contribution in [1.82, 2.24) is 0 Å². The Kier molecular flexibility index (Phi) is 3.89. The second-order valence-electron chi connectivity index (χ2n) is 4.85. The van der Waals surface area contributed by atoms with E-state index in [2.05, 4.69) is 13.5 Å². The summed E-state index contributed by atoms with van der Waals surface area (Å²) in [7, 11) is 0. The normalized spacial score (nSPS) is 29.2. The van der Waals surface area contributed by atoms with Gasteiger partial charge in [-0.05, 0) is 19.3 Å². The van der Waals surface area contributed by atoms with E-state index in [4.69, 9.17) is 4.74 Å². The highest BCUT2D eigenvalue weighted by atomic mass is 16.5. The van der Waals surface area contributed by atoms with Crippen LogP contribution < -0.4 is 0 Å². The number of Topliss-reactive ketones (excluding diaryl/α,β-unsaturated/α-hetero) is 1. The molecule has 0 saturated heterocycles. The number of hydrogen-bond donors (Lipinski definition) is 0. The van der Waals surface area contributed by atoms with Gasteiger partial charge < -0.3 is 4.74 Å². The molecule has 2 atom stereocenters. The van der Waals surface area contributed by atoms with Crippen molar-refractivity contribution in [1.29, 1.82) is 0 Å². The molecule has 0 unspecified atom stereocenters. The fraction of sp³-hybridized carbons (Fsp3) is 0.692. The molecule has 0 aliphatic heterocycles. The maximum absolute atomic E-state index is 11.5. The fourth-order valence-corrected chi connectivity index (χ4v) is 2.63. The van der Waals surface area contributed by atoms with Crippen molar-refractivity contribution in [3.63, 3.8) is 0 Å². The first-order chi connectivity index (χ1) is 7.38. The van der Waals surface area contributed by atoms with Gasteiger partial charge in [0.05, 0.1) is 6.61 Å². The standard InChI is InChI=1S/C13H20O3/c1-9(2)13(5-6-16-11(4)14)8-12(15)7-10(13)3/h10H,1,5-8H2,2-4H3/t10-,13+/m0/s1. The number of ketones is 1. The molecule has 0 bridgehead atoms. The third-order valence-corrected chi connectivity index (χ3v) is 3.69. The number of ether oxygens (including phenoxy) is 1. The van der Waals surface area contributed by atoms with Gasteiger partial charge in [0.25, 0.3) is 0 Å². The molecule has 0 radical (unpaired) electrons. The number of esters is 1. The number of carbonyl (C=O) groups excluding carboxylic acids is 2. The van der Waals surface area contributed by atoms with Crippen molar-refractivity contribution in [2.45, 2.75) is 40.0 Å². The van der Waals surface area contributed by atoms with E-state index >= 15 is 0 Å². The summed E-state index contributed by atoms with van der Waals surface area (Å²) >= 11 is 0. The van der Waals surface area contributed by atoms with Crippen LogP contribution in [0.25, 0.3) is 0 Å². The van der Waals surface area contributed by atoms with Gasteiger partial charge in [-0.2, -0.15) is 0 Å². The average molecular weight is 224 g/mol. The van der Waals surface area contributed by atoms with Crippen LogP contribution in [-0.4, -0.2) is 18.4 Å². The first kappa shape index (κ1) is 12.9. The van der Waals surface area contributed by atoms with Crippen molar-refractivity contribution in [2.24, 2.45) is 11.3 Å². The lowest BCUT2D eigenvalue weighted by Gasteiger charge is -2.33. The van der Waals surface area contributed by atoms with Gasteiger partial charge in [0.15, 0.2) is 0 Å². The molecule has 1 aliphatic rings. The van der Waals surface area contributed by atoms with Crippen LogP contribution in [0.5, 0.6) is 0 Å². The molecule has 1 fully saturated rings. The SMILES string of the molecule is C=C(C)[C@@]1(CCOC(C)=O)CC(=O)C[C@@H]1C. The Labute approximate surface area is 96.9 Å². The summed E-state index contributed by atoms with van der Waals surface area (Å²) in [4.78, 5) is 22.2. The largest absolute Gasteiger partial charge is 0.466 e. The van der Waals surface area contributed by atoms with Crippen LogP contribution in [0.15, 0.2) is 12.2 Å². The molecule has 16 heavy (non-hydrogen) atoms. The van der Waals surface area contributed by atoms with Gasteiger partial charge in [0.2, 0.25) is 0 Å². The van der Waals surface area contributed by atoms with E-state index in [0.29, 0.717) is 37.6 Å². The van der Waals surface area contributed by atoms with Crippen LogP contribution in [0.1, 0.15) is 40.0 Å². The lowest BCUT2D eigenvalue weighted by atomic mass is 9.71. The van der Waals surface area contributed by atoms with Crippen molar-refractivity contribution in [3.05, 3.63) is 12.2 Å². The molecule has 0 N–H and O–H groups in total. The van der Waals surface area contributed by atoms with Crippen molar-refractivity contribution in [2.75, 3.05) is 6.61 Å². The zero-order valence-corrected chi connectivity index (χ0v) is 10.3. The van der Waals surface area contributed by atoms with Crippen LogP contribution in [0.4, 0.5) is 0 Å². The number of hydrogen-bond acceptors (Lipinski definition) is 3. The van der Waals surface area contributed by atoms with E-state index in [9.17, 15) is 9.59 Å². The molecule has 0 amide bonds. The highest BCUT2D eigenvalue weighted by Gasteiger charge is 2.44. The Balaban J connectivity index is 2.70. The predicted molar refractivity (Wildman–Crippen MR) is 61.9 cm³/mol. The molecule has 90 valence electrons. The second kappa shape index (κ2) is 4.81. The Hall–Kier alpha value is -1.12. The third-order valence-electron chi connectivity index (χ3n) is 3.69. The number of carbonyl (C=O) groups is 2. The first-order valence-corrected chi connectivity index (χ1v) is 5.69. The van der Waals surface area contributed by atoms with Crippen molar-refractivity contribution >= 4 is 11.8 Å². The quantitative estimate of drug-likeness (QED) is 0.544. The Morgan fingerprint density at radius 1 is 1.56 bits per heavy atom. The highest BCUT2D eigenvalue weighted by Crippen LogP contribution is 2.48. The minimum absolute atomic E-state index is 0.160. The minimum Gasteiger partial charge on any atom is -0.466 e. The lowest BCUT2D eigenvalue weighted by Crippen LogP contribution is -2.27. The van der Waals surface area contributed by atoms with Gasteiger partial charge in [-0.15, -0.1) is 0 Å². The molecule has 1 rings (SSSR count). The molecule has 1 aliphatic carbocycles. The smallest absolute Gasteiger partial charge is 0.302 e. The summed E-state index contributed by atoms with van der Waals surface area (Å²) in [6.07, 6.45) is 1.87. The van der Waals surface area contributed by atoms with Crippen molar-refractivity contribution in [3.8, 4) is 0 Å². The van der Waals surface area contributed by atoms with Crippen LogP contribution >= 0.6 is 0 Å². The number of allylic oxidation sites excluding steroid dienone is 1. The second-order valence-corrected chi connectivity index (χ2v) is 4.85. The maximum atomic E-state index is 11.5. The number of rotatable bonds is 4. The average Bonchev–Trinajstić information content (AvgIpc) is 2.41. The van der Waals surface area contributed by atoms with Gasteiger partial charge in [-0.3, -0.25) is 9.59 Å². The predicted octanol–water partition coefficient (Wildman–Crippen LogP) is 2.50. The van der Waals surface area contributed by atoms with Gasteiger partial charge in [-0.1, -0.05) is 19.1 Å². The van der Waals surface area contributed by atoms with Gasteiger partial charge in [0, 0.05) is 25.2 Å². The maximum Gasteiger partial charge on any atom is 0.302 e. The van der Waals surface area contributed by atoms with Crippen LogP contribution in [0, 0.1) is 11.3 Å². The van der Waals surface area contributed by atoms with Gasteiger partial charge in [0.1, 0.15) is 5.78 Å². The van der Waals surface area contributed by atoms with Gasteiger partial charge in [-0.25, -0.2) is 0 Å². The van der Waals surface area contributed by atoms with Gasteiger partial charge >= 0.3 is 5.97 Å². The van der Waals surface area contributed by atoms with E-state index in [1.165, 1.54) is 6.92 Å². The molecular formula is C13H20O3. The van der Waals surface area contributed by atoms with E-state index in [-0.39, 0.29) is 11.4 Å².